The molecule has 0 saturated heterocycles. The van der Waals surface area contributed by atoms with Gasteiger partial charge in [-0.3, -0.25) is 4.98 Å². The van der Waals surface area contributed by atoms with Crippen molar-refractivity contribution in [2.75, 3.05) is 12.8 Å². The largest absolute Gasteiger partial charge is 0.366 e. The van der Waals surface area contributed by atoms with Crippen LogP contribution in [0.15, 0.2) is 72.0 Å². The van der Waals surface area contributed by atoms with Crippen LogP contribution in [0.1, 0.15) is 5.56 Å². The minimum atomic E-state index is -3.69. The summed E-state index contributed by atoms with van der Waals surface area (Å²) in [6, 6.07) is 14.6. The molecule has 0 aliphatic carbocycles. The molecular weight excluding hydrogens is 376 g/mol. The summed E-state index contributed by atoms with van der Waals surface area (Å²) in [5.74, 6) is 0.175. The van der Waals surface area contributed by atoms with Crippen LogP contribution in [0.2, 0.25) is 0 Å². The van der Waals surface area contributed by atoms with E-state index >= 15 is 0 Å². The van der Waals surface area contributed by atoms with Crippen LogP contribution in [-0.4, -0.2) is 39.4 Å². The number of pyridine rings is 2. The fraction of sp³-hybridized carbons (Fsp3) is 0.105. The van der Waals surface area contributed by atoms with Crippen LogP contribution in [-0.2, 0) is 16.6 Å². The molecule has 0 spiro atoms. The van der Waals surface area contributed by atoms with E-state index in [0.717, 1.165) is 11.1 Å². The Balaban J connectivity index is 1.66. The summed E-state index contributed by atoms with van der Waals surface area (Å²) in [4.78, 5) is 8.33. The summed E-state index contributed by atoms with van der Waals surface area (Å²) in [7, 11) is -2.14. The Morgan fingerprint density at radius 3 is 2.64 bits per heavy atom. The Hall–Kier alpha value is -3.30. The summed E-state index contributed by atoms with van der Waals surface area (Å²) >= 11 is 0. The summed E-state index contributed by atoms with van der Waals surface area (Å²) in [5.41, 5.74) is 8.55. The van der Waals surface area contributed by atoms with Crippen molar-refractivity contribution in [3.05, 3.63) is 72.7 Å². The number of sulfonamides is 1. The molecule has 0 atom stereocenters. The lowest BCUT2D eigenvalue weighted by atomic mass is 10.1. The molecule has 28 heavy (non-hydrogen) atoms. The Morgan fingerprint density at radius 2 is 1.86 bits per heavy atom. The highest BCUT2D eigenvalue weighted by molar-refractivity contribution is 7.89. The normalized spacial score (nSPS) is 11.9. The Labute approximate surface area is 162 Å². The van der Waals surface area contributed by atoms with Crippen LogP contribution in [0.3, 0.4) is 0 Å². The summed E-state index contributed by atoms with van der Waals surface area (Å²) in [6.07, 6.45) is 4.70. The van der Waals surface area contributed by atoms with Crippen molar-refractivity contribution in [2.24, 2.45) is 0 Å². The second kappa shape index (κ2) is 7.02. The number of nitrogens with two attached hydrogens (primary N) is 1. The topological polar surface area (TPSA) is 106 Å². The third-order valence-electron chi connectivity index (χ3n) is 4.35. The zero-order valence-electron chi connectivity index (χ0n) is 15.1. The van der Waals surface area contributed by atoms with Crippen LogP contribution < -0.4 is 5.73 Å². The molecule has 0 unspecified atom stereocenters. The van der Waals surface area contributed by atoms with Gasteiger partial charge in [0.15, 0.2) is 5.65 Å². The lowest BCUT2D eigenvalue weighted by Crippen LogP contribution is -2.26. The number of hydrogen-bond acceptors (Lipinski definition) is 6. The van der Waals surface area contributed by atoms with E-state index in [0.29, 0.717) is 11.2 Å². The van der Waals surface area contributed by atoms with Crippen LogP contribution in [0, 0.1) is 0 Å². The number of rotatable bonds is 5. The van der Waals surface area contributed by atoms with Crippen molar-refractivity contribution in [3.8, 4) is 11.1 Å². The van der Waals surface area contributed by atoms with E-state index in [1.165, 1.54) is 10.5 Å². The zero-order chi connectivity index (χ0) is 19.7. The van der Waals surface area contributed by atoms with Gasteiger partial charge in [-0.25, -0.2) is 12.9 Å². The molecule has 3 aromatic heterocycles. The van der Waals surface area contributed by atoms with Gasteiger partial charge in [0.25, 0.3) is 0 Å². The molecule has 0 fully saturated rings. The third kappa shape index (κ3) is 3.45. The molecule has 0 radical (unpaired) electrons. The molecule has 142 valence electrons. The van der Waals surface area contributed by atoms with Gasteiger partial charge in [-0.15, -0.1) is 5.10 Å². The molecule has 3 heterocycles. The van der Waals surface area contributed by atoms with E-state index in [9.17, 15) is 8.42 Å². The third-order valence-corrected chi connectivity index (χ3v) is 6.12. The van der Waals surface area contributed by atoms with Gasteiger partial charge in [0.05, 0.1) is 0 Å². The molecule has 4 rings (SSSR count). The molecule has 1 aromatic carbocycles. The van der Waals surface area contributed by atoms with E-state index in [1.54, 1.807) is 36.1 Å². The van der Waals surface area contributed by atoms with Crippen molar-refractivity contribution in [2.45, 2.75) is 11.4 Å². The first-order valence-electron chi connectivity index (χ1n) is 8.51. The Morgan fingerprint density at radius 1 is 1.07 bits per heavy atom. The predicted octanol–water partition coefficient (Wildman–Crippen LogP) is 2.19. The van der Waals surface area contributed by atoms with Gasteiger partial charge in [0, 0.05) is 43.3 Å². The van der Waals surface area contributed by atoms with E-state index in [-0.39, 0.29) is 17.4 Å². The van der Waals surface area contributed by atoms with Crippen molar-refractivity contribution >= 4 is 21.6 Å². The molecule has 0 saturated carbocycles. The van der Waals surface area contributed by atoms with E-state index < -0.39 is 10.0 Å². The van der Waals surface area contributed by atoms with E-state index in [4.69, 9.17) is 5.73 Å². The van der Waals surface area contributed by atoms with Crippen LogP contribution in [0.5, 0.6) is 0 Å². The van der Waals surface area contributed by atoms with Crippen LogP contribution in [0.25, 0.3) is 16.8 Å². The van der Waals surface area contributed by atoms with Gasteiger partial charge in [0.1, 0.15) is 4.90 Å². The van der Waals surface area contributed by atoms with Crippen molar-refractivity contribution in [3.63, 3.8) is 0 Å². The van der Waals surface area contributed by atoms with E-state index in [2.05, 4.69) is 15.1 Å². The predicted molar refractivity (Wildman–Crippen MR) is 106 cm³/mol. The fourth-order valence-corrected chi connectivity index (χ4v) is 4.04. The Kier molecular flexibility index (Phi) is 4.54. The van der Waals surface area contributed by atoms with Crippen molar-refractivity contribution < 1.29 is 8.42 Å². The minimum absolute atomic E-state index is 0.127. The van der Waals surface area contributed by atoms with Crippen LogP contribution in [0.4, 0.5) is 5.95 Å². The summed E-state index contributed by atoms with van der Waals surface area (Å²) in [6.45, 7) is 0.275. The average molecular weight is 394 g/mol. The number of fused-ring (bicyclic) bond motifs is 1. The highest BCUT2D eigenvalue weighted by Gasteiger charge is 2.22. The monoisotopic (exact) mass is 394 g/mol. The maximum atomic E-state index is 13.0. The molecule has 0 amide bonds. The SMILES string of the molecule is CN(Cc1ccccc1)S(=O)(=O)c1cncc(-c2ccc3nc(N)nn3c2)c1. The fourth-order valence-electron chi connectivity index (χ4n) is 2.89. The zero-order valence-corrected chi connectivity index (χ0v) is 15.9. The smallest absolute Gasteiger partial charge is 0.244 e. The van der Waals surface area contributed by atoms with Gasteiger partial charge < -0.3 is 5.73 Å². The number of hydrogen-bond donors (Lipinski definition) is 1. The number of aromatic nitrogens is 4. The van der Waals surface area contributed by atoms with E-state index in [1.807, 2.05) is 36.4 Å². The molecule has 9 heteroatoms. The highest BCUT2D eigenvalue weighted by atomic mass is 32.2. The first-order chi connectivity index (χ1) is 13.4. The van der Waals surface area contributed by atoms with Crippen LogP contribution >= 0.6 is 0 Å². The molecule has 4 aromatic rings. The van der Waals surface area contributed by atoms with Gasteiger partial charge in [-0.05, 0) is 23.8 Å². The number of anilines is 1. The lowest BCUT2D eigenvalue weighted by Gasteiger charge is -2.17. The second-order valence-corrected chi connectivity index (χ2v) is 8.39. The second-order valence-electron chi connectivity index (χ2n) is 6.35. The average Bonchev–Trinajstić information content (AvgIpc) is 3.08. The Bertz CT molecular complexity index is 1240. The maximum Gasteiger partial charge on any atom is 0.244 e. The van der Waals surface area contributed by atoms with Gasteiger partial charge in [0.2, 0.25) is 16.0 Å². The standard InChI is InChI=1S/C19H18N6O2S/c1-24(12-14-5-3-2-4-6-14)28(26,27)17-9-16(10-21-11-17)15-7-8-18-22-19(20)23-25(18)13-15/h2-11,13H,12H2,1H3,(H2,20,23). The highest BCUT2D eigenvalue weighted by Crippen LogP contribution is 2.24. The quantitative estimate of drug-likeness (QED) is 0.556. The first kappa shape index (κ1) is 18.1. The molecule has 8 nitrogen and oxygen atoms in total. The van der Waals surface area contributed by atoms with Crippen molar-refractivity contribution in [1.82, 2.24) is 23.9 Å². The molecule has 0 aliphatic rings. The van der Waals surface area contributed by atoms with Gasteiger partial charge >= 0.3 is 0 Å². The first-order valence-corrected chi connectivity index (χ1v) is 9.95. The van der Waals surface area contributed by atoms with Gasteiger partial charge in [-0.2, -0.15) is 9.29 Å². The van der Waals surface area contributed by atoms with Crippen molar-refractivity contribution in [1.29, 1.82) is 0 Å². The number of nitrogens with zero attached hydrogens (tertiary/aromatic N) is 5. The molecule has 2 N–H and O–H groups in total. The number of benzene rings is 1. The molecular formula is C19H18N6O2S. The lowest BCUT2D eigenvalue weighted by molar-refractivity contribution is 0.466. The maximum absolute atomic E-state index is 13.0. The summed E-state index contributed by atoms with van der Waals surface area (Å²) < 4.78 is 28.8. The summed E-state index contributed by atoms with van der Waals surface area (Å²) in [5, 5.41) is 4.08. The number of nitrogen functional groups attached to an aromatic ring is 1. The molecule has 0 bridgehead atoms. The van der Waals surface area contributed by atoms with Gasteiger partial charge in [-0.1, -0.05) is 30.3 Å². The molecule has 0 aliphatic heterocycles. The minimum Gasteiger partial charge on any atom is -0.366 e.